The molecule has 1 unspecified atom stereocenters. The zero-order valence-corrected chi connectivity index (χ0v) is 7.78. The number of hydrogen-bond donors (Lipinski definition) is 1. The molecular weight excluding hydrogens is 170 g/mol. The van der Waals surface area contributed by atoms with Crippen LogP contribution < -0.4 is 0 Å². The van der Waals surface area contributed by atoms with E-state index in [1.807, 2.05) is 6.92 Å². The summed E-state index contributed by atoms with van der Waals surface area (Å²) in [4.78, 5) is 23.0. The maximum Gasteiger partial charge on any atom is 0.418 e. The Balaban J connectivity index is 2.95. The van der Waals surface area contributed by atoms with Gasteiger partial charge in [0.1, 0.15) is 0 Å². The van der Waals surface area contributed by atoms with Gasteiger partial charge in [-0.15, -0.1) is 0 Å². The summed E-state index contributed by atoms with van der Waals surface area (Å²) in [7, 11) is 0. The maximum absolute atomic E-state index is 11.6. The molecule has 1 atom stereocenters. The number of carbonyl (C=O) groups is 2. The molecule has 72 valence electrons. The van der Waals surface area contributed by atoms with Crippen molar-refractivity contribution in [2.45, 2.75) is 26.7 Å². The number of imide groups is 1. The molecular formula is C9H13NO3. The molecule has 13 heavy (non-hydrogen) atoms. The van der Waals surface area contributed by atoms with Crippen molar-refractivity contribution in [2.24, 2.45) is 5.41 Å². The molecule has 0 saturated heterocycles. The van der Waals surface area contributed by atoms with Gasteiger partial charge in [-0.3, -0.25) is 4.79 Å². The van der Waals surface area contributed by atoms with Crippen LogP contribution in [0.1, 0.15) is 26.7 Å². The zero-order valence-electron chi connectivity index (χ0n) is 7.78. The van der Waals surface area contributed by atoms with Crippen molar-refractivity contribution in [3.05, 3.63) is 12.3 Å². The Morgan fingerprint density at radius 2 is 2.38 bits per heavy atom. The van der Waals surface area contributed by atoms with Gasteiger partial charge in [0.2, 0.25) is 5.91 Å². The molecule has 0 aromatic carbocycles. The maximum atomic E-state index is 11.6. The first-order valence-corrected chi connectivity index (χ1v) is 4.24. The van der Waals surface area contributed by atoms with Gasteiger partial charge in [-0.05, 0) is 12.8 Å². The Labute approximate surface area is 76.8 Å². The molecule has 0 spiro atoms. The van der Waals surface area contributed by atoms with Crippen molar-refractivity contribution < 1.29 is 14.7 Å². The summed E-state index contributed by atoms with van der Waals surface area (Å²) in [5, 5.41) is 8.69. The number of rotatable bonds is 1. The summed E-state index contributed by atoms with van der Waals surface area (Å²) in [5.74, 6) is -0.329. The smallest absolute Gasteiger partial charge is 0.418 e. The first-order valence-electron chi connectivity index (χ1n) is 4.24. The molecule has 1 aliphatic heterocycles. The van der Waals surface area contributed by atoms with Gasteiger partial charge in [-0.2, -0.15) is 0 Å². The van der Waals surface area contributed by atoms with Gasteiger partial charge in [0.15, 0.2) is 0 Å². The fraction of sp³-hybridized carbons (Fsp3) is 0.556. The molecule has 1 aliphatic rings. The van der Waals surface area contributed by atoms with Crippen molar-refractivity contribution in [3.63, 3.8) is 0 Å². The van der Waals surface area contributed by atoms with Gasteiger partial charge < -0.3 is 5.11 Å². The number of carbonyl (C=O) groups excluding carboxylic acids is 1. The summed E-state index contributed by atoms with van der Waals surface area (Å²) in [6, 6.07) is 0. The second kappa shape index (κ2) is 3.20. The van der Waals surface area contributed by atoms with Crippen LogP contribution in [0.25, 0.3) is 0 Å². The molecule has 4 nitrogen and oxygen atoms in total. The molecule has 1 N–H and O–H groups in total. The van der Waals surface area contributed by atoms with Crippen LogP contribution >= 0.6 is 0 Å². The predicted molar refractivity (Wildman–Crippen MR) is 47.0 cm³/mol. The summed E-state index contributed by atoms with van der Waals surface area (Å²) >= 11 is 0. The van der Waals surface area contributed by atoms with Gasteiger partial charge >= 0.3 is 6.09 Å². The third-order valence-electron chi connectivity index (χ3n) is 2.54. The Morgan fingerprint density at radius 1 is 1.77 bits per heavy atom. The van der Waals surface area contributed by atoms with Crippen LogP contribution in [0.15, 0.2) is 12.3 Å². The van der Waals surface area contributed by atoms with Crippen LogP contribution in [0.4, 0.5) is 4.79 Å². The van der Waals surface area contributed by atoms with E-state index in [9.17, 15) is 9.59 Å². The van der Waals surface area contributed by atoms with Gasteiger partial charge in [-0.25, -0.2) is 9.69 Å². The molecule has 4 heteroatoms. The van der Waals surface area contributed by atoms with E-state index in [2.05, 4.69) is 0 Å². The highest BCUT2D eigenvalue weighted by Gasteiger charge is 2.38. The first-order chi connectivity index (χ1) is 6.01. The van der Waals surface area contributed by atoms with E-state index >= 15 is 0 Å². The van der Waals surface area contributed by atoms with Crippen LogP contribution in [-0.4, -0.2) is 22.0 Å². The summed E-state index contributed by atoms with van der Waals surface area (Å²) in [6.07, 6.45) is 3.10. The third kappa shape index (κ3) is 1.56. The Bertz CT molecular complexity index is 272. The zero-order chi connectivity index (χ0) is 10.1. The summed E-state index contributed by atoms with van der Waals surface area (Å²) in [6.45, 7) is 3.67. The molecule has 0 aliphatic carbocycles. The molecule has 1 rings (SSSR count). The van der Waals surface area contributed by atoms with Crippen molar-refractivity contribution in [1.29, 1.82) is 0 Å². The van der Waals surface area contributed by atoms with Gasteiger partial charge in [0.25, 0.3) is 0 Å². The van der Waals surface area contributed by atoms with Crippen LogP contribution in [0.2, 0.25) is 0 Å². The Hall–Kier alpha value is -1.32. The lowest BCUT2D eigenvalue weighted by Gasteiger charge is -2.32. The molecule has 0 aromatic heterocycles. The Morgan fingerprint density at radius 3 is 2.85 bits per heavy atom. The van der Waals surface area contributed by atoms with E-state index in [1.54, 1.807) is 13.0 Å². The standard InChI is InChI=1S/C9H13NO3/c1-3-9(2)5-4-6-10(7(9)11)8(12)13/h4,6H,3,5H2,1-2H3,(H,12,13). The summed E-state index contributed by atoms with van der Waals surface area (Å²) < 4.78 is 0. The van der Waals surface area contributed by atoms with E-state index in [0.717, 1.165) is 4.90 Å². The van der Waals surface area contributed by atoms with Crippen LogP contribution in [-0.2, 0) is 4.79 Å². The third-order valence-corrected chi connectivity index (χ3v) is 2.54. The monoisotopic (exact) mass is 183 g/mol. The van der Waals surface area contributed by atoms with E-state index in [1.165, 1.54) is 6.20 Å². The average Bonchev–Trinajstić information content (AvgIpc) is 2.09. The Kier molecular flexibility index (Phi) is 2.40. The summed E-state index contributed by atoms with van der Waals surface area (Å²) in [5.41, 5.74) is -0.548. The van der Waals surface area contributed by atoms with Crippen LogP contribution in [0.3, 0.4) is 0 Å². The molecule has 0 fully saturated rings. The van der Waals surface area contributed by atoms with E-state index in [-0.39, 0.29) is 5.91 Å². The normalized spacial score (nSPS) is 27.8. The highest BCUT2D eigenvalue weighted by Crippen LogP contribution is 2.32. The number of carboxylic acid groups (broad SMARTS) is 1. The number of amides is 2. The minimum atomic E-state index is -1.21. The molecule has 2 amide bonds. The highest BCUT2D eigenvalue weighted by molar-refractivity contribution is 5.96. The highest BCUT2D eigenvalue weighted by atomic mass is 16.4. The molecule has 0 radical (unpaired) electrons. The first kappa shape index (κ1) is 9.77. The van der Waals surface area contributed by atoms with Gasteiger partial charge in [0.05, 0.1) is 5.41 Å². The fourth-order valence-electron chi connectivity index (χ4n) is 1.31. The topological polar surface area (TPSA) is 57.6 Å². The lowest BCUT2D eigenvalue weighted by Crippen LogP contribution is -2.44. The van der Waals surface area contributed by atoms with Crippen LogP contribution in [0, 0.1) is 5.41 Å². The number of hydrogen-bond acceptors (Lipinski definition) is 2. The lowest BCUT2D eigenvalue weighted by atomic mass is 9.81. The average molecular weight is 183 g/mol. The van der Waals surface area contributed by atoms with Crippen molar-refractivity contribution >= 4 is 12.0 Å². The molecule has 1 heterocycles. The second-order valence-electron chi connectivity index (χ2n) is 3.46. The van der Waals surface area contributed by atoms with Crippen molar-refractivity contribution in [3.8, 4) is 0 Å². The lowest BCUT2D eigenvalue weighted by molar-refractivity contribution is -0.137. The van der Waals surface area contributed by atoms with E-state index < -0.39 is 11.5 Å². The van der Waals surface area contributed by atoms with Crippen molar-refractivity contribution in [2.75, 3.05) is 0 Å². The van der Waals surface area contributed by atoms with Crippen molar-refractivity contribution in [1.82, 2.24) is 4.90 Å². The van der Waals surface area contributed by atoms with Crippen LogP contribution in [0.5, 0.6) is 0 Å². The minimum Gasteiger partial charge on any atom is -0.464 e. The number of nitrogens with zero attached hydrogens (tertiary/aromatic N) is 1. The predicted octanol–water partition coefficient (Wildman–Crippen LogP) is 1.83. The van der Waals surface area contributed by atoms with E-state index in [0.29, 0.717) is 12.8 Å². The fourth-order valence-corrected chi connectivity index (χ4v) is 1.31. The minimum absolute atomic E-state index is 0.329. The quantitative estimate of drug-likeness (QED) is 0.674. The number of allylic oxidation sites excluding steroid dienone is 1. The van der Waals surface area contributed by atoms with Gasteiger partial charge in [0, 0.05) is 6.20 Å². The van der Waals surface area contributed by atoms with Gasteiger partial charge in [-0.1, -0.05) is 19.9 Å². The second-order valence-corrected chi connectivity index (χ2v) is 3.46. The van der Waals surface area contributed by atoms with E-state index in [4.69, 9.17) is 5.11 Å². The SMILES string of the molecule is CCC1(C)CC=CN(C(=O)O)C1=O. The molecule has 0 bridgehead atoms. The molecule has 0 aromatic rings. The largest absolute Gasteiger partial charge is 0.464 e. The molecule has 0 saturated carbocycles.